The van der Waals surface area contributed by atoms with Gasteiger partial charge in [-0.1, -0.05) is 0 Å². The molecule has 0 aromatic carbocycles. The molecule has 5 nitrogen and oxygen atoms in total. The van der Waals surface area contributed by atoms with Crippen molar-refractivity contribution in [1.29, 1.82) is 0 Å². The molecule has 1 aromatic heterocycles. The van der Waals surface area contributed by atoms with Crippen LogP contribution in [-0.4, -0.2) is 61.9 Å². The molecule has 0 saturated carbocycles. The van der Waals surface area contributed by atoms with E-state index in [1.807, 2.05) is 6.92 Å². The molecule has 0 radical (unpaired) electrons. The minimum atomic E-state index is -0.531. The zero-order chi connectivity index (χ0) is 13.1. The molecule has 19 heavy (non-hydrogen) atoms. The van der Waals surface area contributed by atoms with Gasteiger partial charge in [-0.15, -0.1) is 0 Å². The molecule has 6 heteroatoms. The Morgan fingerprint density at radius 1 is 0.895 bits per heavy atom. The summed E-state index contributed by atoms with van der Waals surface area (Å²) in [5, 5.41) is 0. The zero-order valence-electron chi connectivity index (χ0n) is 11.4. The Balaban J connectivity index is 1.81. The third-order valence-electron chi connectivity index (χ3n) is 3.43. The molecule has 0 atom stereocenters. The monoisotopic (exact) mass is 284 g/mol. The van der Waals surface area contributed by atoms with Gasteiger partial charge in [0.2, 0.25) is 0 Å². The third kappa shape index (κ3) is 3.18. The number of furan rings is 1. The van der Waals surface area contributed by atoms with Crippen LogP contribution in [0.5, 0.6) is 0 Å². The predicted molar refractivity (Wildman–Crippen MR) is 74.8 cm³/mol. The minimum Gasteiger partial charge on any atom is -0.459 e. The second-order valence-electron chi connectivity index (χ2n) is 4.81. The first kappa shape index (κ1) is 13.5. The zero-order valence-corrected chi connectivity index (χ0v) is 12.3. The van der Waals surface area contributed by atoms with E-state index in [4.69, 9.17) is 13.9 Å². The molecule has 0 aliphatic carbocycles. The number of nitrogens with zero attached hydrogens (tertiary/aromatic N) is 2. The first-order valence-corrected chi connectivity index (χ1v) is 8.11. The van der Waals surface area contributed by atoms with Crippen LogP contribution in [0.3, 0.4) is 0 Å². The molecule has 3 heterocycles. The summed E-state index contributed by atoms with van der Waals surface area (Å²) in [6.07, 6.45) is 0. The van der Waals surface area contributed by atoms with Gasteiger partial charge in [0.25, 0.3) is 0 Å². The van der Waals surface area contributed by atoms with Crippen LogP contribution < -0.4 is 5.50 Å². The van der Waals surface area contributed by atoms with Gasteiger partial charge in [0.15, 0.2) is 5.50 Å². The lowest BCUT2D eigenvalue weighted by molar-refractivity contribution is 0.0590. The highest BCUT2D eigenvalue weighted by atomic mass is 31.1. The Bertz CT molecular complexity index is 382. The van der Waals surface area contributed by atoms with Gasteiger partial charge in [-0.2, -0.15) is 0 Å². The highest BCUT2D eigenvalue weighted by Crippen LogP contribution is 2.44. The second kappa shape index (κ2) is 6.33. The summed E-state index contributed by atoms with van der Waals surface area (Å²) in [7, 11) is -0.531. The predicted octanol–water partition coefficient (Wildman–Crippen LogP) is 1.19. The van der Waals surface area contributed by atoms with E-state index in [0.717, 1.165) is 63.9 Å². The molecule has 2 aliphatic heterocycles. The van der Waals surface area contributed by atoms with Crippen LogP contribution in [0, 0.1) is 6.92 Å². The smallest absolute Gasteiger partial charge is 0.156 e. The van der Waals surface area contributed by atoms with E-state index in [0.29, 0.717) is 0 Å². The molecule has 0 amide bonds. The summed E-state index contributed by atoms with van der Waals surface area (Å²) in [6, 6.07) is 4.19. The standard InChI is InChI=1S/C13H21N2O3P/c1-12-2-3-13(18-12)19(14-4-8-16-9-5-14)15-6-10-17-11-7-15/h2-3H,4-11H2,1H3. The lowest BCUT2D eigenvalue weighted by Crippen LogP contribution is -2.43. The number of morpholine rings is 2. The van der Waals surface area contributed by atoms with Crippen LogP contribution in [0.25, 0.3) is 0 Å². The van der Waals surface area contributed by atoms with Crippen LogP contribution in [0.15, 0.2) is 16.5 Å². The van der Waals surface area contributed by atoms with Gasteiger partial charge in [0, 0.05) is 26.2 Å². The maximum Gasteiger partial charge on any atom is 0.156 e. The summed E-state index contributed by atoms with van der Waals surface area (Å²) in [5.74, 6) is 0.990. The lowest BCUT2D eigenvalue weighted by Gasteiger charge is -2.40. The normalized spacial score (nSPS) is 23.1. The molecule has 106 valence electrons. The summed E-state index contributed by atoms with van der Waals surface area (Å²) in [5.41, 5.74) is 1.11. The van der Waals surface area contributed by atoms with Gasteiger partial charge in [-0.25, -0.2) is 0 Å². The van der Waals surface area contributed by atoms with E-state index in [9.17, 15) is 0 Å². The number of hydrogen-bond donors (Lipinski definition) is 0. The van der Waals surface area contributed by atoms with E-state index in [-0.39, 0.29) is 0 Å². The van der Waals surface area contributed by atoms with Crippen molar-refractivity contribution in [3.05, 3.63) is 17.9 Å². The van der Waals surface area contributed by atoms with E-state index in [1.54, 1.807) is 0 Å². The quantitative estimate of drug-likeness (QED) is 0.780. The average Bonchev–Trinajstić information content (AvgIpc) is 2.88. The molecule has 2 fully saturated rings. The second-order valence-corrected chi connectivity index (χ2v) is 6.96. The third-order valence-corrected chi connectivity index (χ3v) is 5.94. The van der Waals surface area contributed by atoms with Crippen LogP contribution >= 0.6 is 8.22 Å². The molecule has 0 N–H and O–H groups in total. The van der Waals surface area contributed by atoms with Crippen LogP contribution in [0.4, 0.5) is 0 Å². The maximum atomic E-state index is 5.92. The maximum absolute atomic E-state index is 5.92. The largest absolute Gasteiger partial charge is 0.459 e. The summed E-state index contributed by atoms with van der Waals surface area (Å²) in [6.45, 7) is 9.25. The number of hydrogen-bond acceptors (Lipinski definition) is 5. The first-order chi connectivity index (χ1) is 9.34. The number of aryl methyl sites for hydroxylation is 1. The molecular formula is C13H21N2O3P. The fourth-order valence-electron chi connectivity index (χ4n) is 2.47. The SMILES string of the molecule is Cc1ccc(P(N2CCOCC2)N2CCOCC2)o1. The Morgan fingerprint density at radius 3 is 1.84 bits per heavy atom. The lowest BCUT2D eigenvalue weighted by atomic mass is 10.5. The van der Waals surface area contributed by atoms with E-state index >= 15 is 0 Å². The fourth-order valence-corrected chi connectivity index (χ4v) is 4.91. The van der Waals surface area contributed by atoms with Crippen molar-refractivity contribution in [1.82, 2.24) is 9.34 Å². The van der Waals surface area contributed by atoms with Crippen molar-refractivity contribution in [2.45, 2.75) is 6.92 Å². The van der Waals surface area contributed by atoms with Crippen LogP contribution in [0.2, 0.25) is 0 Å². The highest BCUT2D eigenvalue weighted by molar-refractivity contribution is 7.60. The van der Waals surface area contributed by atoms with E-state index in [2.05, 4.69) is 21.5 Å². The van der Waals surface area contributed by atoms with Gasteiger partial charge in [0.1, 0.15) is 14.0 Å². The molecule has 2 saturated heterocycles. The summed E-state index contributed by atoms with van der Waals surface area (Å²) in [4.78, 5) is 0. The van der Waals surface area contributed by atoms with Crippen LogP contribution in [0.1, 0.15) is 5.76 Å². The van der Waals surface area contributed by atoms with Crippen molar-refractivity contribution in [3.8, 4) is 0 Å². The topological polar surface area (TPSA) is 38.1 Å². The molecule has 2 aliphatic rings. The minimum absolute atomic E-state index is 0.531. The van der Waals surface area contributed by atoms with Gasteiger partial charge < -0.3 is 13.9 Å². The molecule has 0 spiro atoms. The average molecular weight is 284 g/mol. The molecular weight excluding hydrogens is 263 g/mol. The molecule has 3 rings (SSSR count). The van der Waals surface area contributed by atoms with Crippen molar-refractivity contribution >= 4 is 13.7 Å². The molecule has 1 aromatic rings. The number of ether oxygens (including phenoxy) is 2. The molecule has 0 bridgehead atoms. The van der Waals surface area contributed by atoms with E-state index in [1.165, 1.54) is 0 Å². The van der Waals surface area contributed by atoms with Crippen molar-refractivity contribution in [2.24, 2.45) is 0 Å². The van der Waals surface area contributed by atoms with Gasteiger partial charge in [-0.05, 0) is 19.1 Å². The Hall–Kier alpha value is -0.450. The first-order valence-electron chi connectivity index (χ1n) is 6.86. The Morgan fingerprint density at radius 2 is 1.42 bits per heavy atom. The summed E-state index contributed by atoms with van der Waals surface area (Å²) < 4.78 is 21.9. The fraction of sp³-hybridized carbons (Fsp3) is 0.692. The van der Waals surface area contributed by atoms with Crippen molar-refractivity contribution in [2.75, 3.05) is 52.6 Å². The highest BCUT2D eigenvalue weighted by Gasteiger charge is 2.32. The molecule has 0 unspecified atom stereocenters. The Kier molecular flexibility index (Phi) is 4.51. The van der Waals surface area contributed by atoms with Gasteiger partial charge in [-0.3, -0.25) is 9.34 Å². The number of rotatable bonds is 3. The van der Waals surface area contributed by atoms with Gasteiger partial charge >= 0.3 is 0 Å². The summed E-state index contributed by atoms with van der Waals surface area (Å²) >= 11 is 0. The van der Waals surface area contributed by atoms with Crippen molar-refractivity contribution in [3.63, 3.8) is 0 Å². The Labute approximate surface area is 115 Å². The van der Waals surface area contributed by atoms with E-state index < -0.39 is 8.22 Å². The van der Waals surface area contributed by atoms with Crippen LogP contribution in [-0.2, 0) is 9.47 Å². The van der Waals surface area contributed by atoms with Crippen molar-refractivity contribution < 1.29 is 13.9 Å². The van der Waals surface area contributed by atoms with Gasteiger partial charge in [0.05, 0.1) is 26.4 Å².